The molecule has 128 valence electrons. The summed E-state index contributed by atoms with van der Waals surface area (Å²) in [7, 11) is 0. The zero-order chi connectivity index (χ0) is 17.6. The van der Waals surface area contributed by atoms with Gasteiger partial charge in [-0.15, -0.1) is 0 Å². The number of anilines is 2. The third kappa shape index (κ3) is 5.09. The van der Waals surface area contributed by atoms with Crippen molar-refractivity contribution in [2.24, 2.45) is 0 Å². The molecule has 0 aliphatic rings. The van der Waals surface area contributed by atoms with E-state index in [1.165, 1.54) is 24.3 Å². The Balaban J connectivity index is 1.63. The molecule has 0 aliphatic heterocycles. The highest BCUT2D eigenvalue weighted by atomic mass is 35.5. The molecule has 1 heterocycles. The van der Waals surface area contributed by atoms with Crippen molar-refractivity contribution in [3.8, 4) is 0 Å². The van der Waals surface area contributed by atoms with Gasteiger partial charge in [0.2, 0.25) is 17.2 Å². The van der Waals surface area contributed by atoms with Gasteiger partial charge in [-0.2, -0.15) is 15.0 Å². The second-order valence-electron chi connectivity index (χ2n) is 5.21. The lowest BCUT2D eigenvalue weighted by Crippen LogP contribution is -2.09. The molecule has 0 unspecified atom stereocenters. The van der Waals surface area contributed by atoms with Crippen LogP contribution in [0.4, 0.5) is 20.7 Å². The highest BCUT2D eigenvalue weighted by Crippen LogP contribution is 2.12. The second kappa shape index (κ2) is 7.85. The normalized spacial score (nSPS) is 10.5. The summed E-state index contributed by atoms with van der Waals surface area (Å²) in [5, 5.41) is 6.06. The first-order valence-electron chi connectivity index (χ1n) is 7.47. The van der Waals surface area contributed by atoms with Crippen molar-refractivity contribution in [1.29, 1.82) is 0 Å². The van der Waals surface area contributed by atoms with Crippen LogP contribution in [0.1, 0.15) is 11.1 Å². The summed E-state index contributed by atoms with van der Waals surface area (Å²) < 4.78 is 25.8. The highest BCUT2D eigenvalue weighted by molar-refractivity contribution is 6.28. The maximum absolute atomic E-state index is 12.9. The fourth-order valence-electron chi connectivity index (χ4n) is 2.07. The van der Waals surface area contributed by atoms with Crippen LogP contribution in [-0.2, 0) is 13.1 Å². The van der Waals surface area contributed by atoms with Gasteiger partial charge in [-0.1, -0.05) is 24.3 Å². The first-order chi connectivity index (χ1) is 12.1. The van der Waals surface area contributed by atoms with Crippen molar-refractivity contribution < 1.29 is 8.78 Å². The SMILES string of the molecule is Fc1ccc(CNc2nc(Cl)nc(NCc3ccc(F)cc3)n2)cc1. The van der Waals surface area contributed by atoms with Crippen LogP contribution in [0.5, 0.6) is 0 Å². The van der Waals surface area contributed by atoms with Crippen LogP contribution in [0, 0.1) is 11.6 Å². The zero-order valence-electron chi connectivity index (χ0n) is 13.0. The van der Waals surface area contributed by atoms with Crippen molar-refractivity contribution in [2.75, 3.05) is 10.6 Å². The van der Waals surface area contributed by atoms with Gasteiger partial charge in [-0.05, 0) is 47.0 Å². The third-order valence-corrected chi connectivity index (χ3v) is 3.50. The van der Waals surface area contributed by atoms with E-state index in [-0.39, 0.29) is 16.9 Å². The summed E-state index contributed by atoms with van der Waals surface area (Å²) in [6, 6.07) is 12.2. The maximum Gasteiger partial charge on any atom is 0.229 e. The smallest absolute Gasteiger partial charge is 0.229 e. The summed E-state index contributed by atoms with van der Waals surface area (Å²) in [5.41, 5.74) is 1.75. The van der Waals surface area contributed by atoms with Gasteiger partial charge < -0.3 is 10.6 Å². The van der Waals surface area contributed by atoms with E-state index in [1.807, 2.05) is 0 Å². The van der Waals surface area contributed by atoms with Gasteiger partial charge in [-0.3, -0.25) is 0 Å². The van der Waals surface area contributed by atoms with E-state index in [9.17, 15) is 8.78 Å². The van der Waals surface area contributed by atoms with Crippen LogP contribution in [0.15, 0.2) is 48.5 Å². The van der Waals surface area contributed by atoms with Gasteiger partial charge in [0, 0.05) is 13.1 Å². The number of hydrogen-bond donors (Lipinski definition) is 2. The molecule has 2 aromatic carbocycles. The Hall–Kier alpha value is -2.80. The molecule has 0 spiro atoms. The number of nitrogens with zero attached hydrogens (tertiary/aromatic N) is 3. The van der Waals surface area contributed by atoms with Crippen molar-refractivity contribution in [2.45, 2.75) is 13.1 Å². The minimum absolute atomic E-state index is 0.0400. The average molecular weight is 362 g/mol. The highest BCUT2D eigenvalue weighted by Gasteiger charge is 2.05. The number of aromatic nitrogens is 3. The van der Waals surface area contributed by atoms with Gasteiger partial charge in [0.25, 0.3) is 0 Å². The molecule has 25 heavy (non-hydrogen) atoms. The molecule has 5 nitrogen and oxygen atoms in total. The number of nitrogens with one attached hydrogen (secondary N) is 2. The first kappa shape index (κ1) is 17.0. The molecule has 0 atom stereocenters. The molecule has 3 aromatic rings. The second-order valence-corrected chi connectivity index (χ2v) is 5.55. The molecule has 0 bridgehead atoms. The summed E-state index contributed by atoms with van der Waals surface area (Å²) >= 11 is 5.91. The van der Waals surface area contributed by atoms with Gasteiger partial charge in [0.05, 0.1) is 0 Å². The Kier molecular flexibility index (Phi) is 5.35. The molecule has 0 saturated heterocycles. The first-order valence-corrected chi connectivity index (χ1v) is 7.84. The van der Waals surface area contributed by atoms with Crippen molar-refractivity contribution in [3.05, 3.63) is 76.6 Å². The van der Waals surface area contributed by atoms with E-state index in [0.717, 1.165) is 11.1 Å². The summed E-state index contributed by atoms with van der Waals surface area (Å²) in [6.45, 7) is 0.829. The summed E-state index contributed by atoms with van der Waals surface area (Å²) in [4.78, 5) is 12.2. The van der Waals surface area contributed by atoms with Crippen LogP contribution in [0.25, 0.3) is 0 Å². The largest absolute Gasteiger partial charge is 0.350 e. The van der Waals surface area contributed by atoms with E-state index >= 15 is 0 Å². The lowest BCUT2D eigenvalue weighted by atomic mass is 10.2. The van der Waals surface area contributed by atoms with E-state index in [2.05, 4.69) is 25.6 Å². The zero-order valence-corrected chi connectivity index (χ0v) is 13.8. The Bertz CT molecular complexity index is 773. The predicted octanol–water partition coefficient (Wildman–Crippen LogP) is 4.03. The van der Waals surface area contributed by atoms with Crippen molar-refractivity contribution in [1.82, 2.24) is 15.0 Å². The molecular formula is C17H14ClF2N5. The molecule has 0 fully saturated rings. The molecule has 0 amide bonds. The average Bonchev–Trinajstić information content (AvgIpc) is 2.60. The summed E-state index contributed by atoms with van der Waals surface area (Å²) in [5.74, 6) is 0.00957. The van der Waals surface area contributed by atoms with Crippen LogP contribution < -0.4 is 10.6 Å². The Morgan fingerprint density at radius 1 is 0.680 bits per heavy atom. The predicted molar refractivity (Wildman–Crippen MR) is 92.3 cm³/mol. The Morgan fingerprint density at radius 3 is 1.48 bits per heavy atom. The molecule has 8 heteroatoms. The Morgan fingerprint density at radius 2 is 1.08 bits per heavy atom. The van der Waals surface area contributed by atoms with Gasteiger partial charge in [0.1, 0.15) is 11.6 Å². The lowest BCUT2D eigenvalue weighted by Gasteiger charge is -2.09. The van der Waals surface area contributed by atoms with Gasteiger partial charge >= 0.3 is 0 Å². The molecule has 3 rings (SSSR count). The van der Waals surface area contributed by atoms with Crippen molar-refractivity contribution >= 4 is 23.5 Å². The molecule has 2 N–H and O–H groups in total. The number of hydrogen-bond acceptors (Lipinski definition) is 5. The fraction of sp³-hybridized carbons (Fsp3) is 0.118. The van der Waals surface area contributed by atoms with Crippen LogP contribution in [-0.4, -0.2) is 15.0 Å². The van der Waals surface area contributed by atoms with Crippen LogP contribution in [0.3, 0.4) is 0 Å². The van der Waals surface area contributed by atoms with Gasteiger partial charge in [0.15, 0.2) is 0 Å². The molecule has 1 aromatic heterocycles. The standard InChI is InChI=1S/C17H14ClF2N5/c18-15-23-16(21-9-11-1-5-13(19)6-2-11)25-17(24-15)22-10-12-3-7-14(20)8-4-12/h1-8H,9-10H2,(H2,21,22,23,24,25). The van der Waals surface area contributed by atoms with E-state index in [4.69, 9.17) is 11.6 Å². The van der Waals surface area contributed by atoms with Crippen molar-refractivity contribution in [3.63, 3.8) is 0 Å². The quantitative estimate of drug-likeness (QED) is 0.694. The van der Waals surface area contributed by atoms with Crippen LogP contribution >= 0.6 is 11.6 Å². The third-order valence-electron chi connectivity index (χ3n) is 3.34. The van der Waals surface area contributed by atoms with Gasteiger partial charge in [-0.25, -0.2) is 8.78 Å². The minimum Gasteiger partial charge on any atom is -0.350 e. The monoisotopic (exact) mass is 361 g/mol. The van der Waals surface area contributed by atoms with E-state index < -0.39 is 0 Å². The van der Waals surface area contributed by atoms with E-state index in [0.29, 0.717) is 25.0 Å². The topological polar surface area (TPSA) is 62.7 Å². The minimum atomic E-state index is -0.292. The van der Waals surface area contributed by atoms with E-state index in [1.54, 1.807) is 24.3 Å². The molecule has 0 aliphatic carbocycles. The number of rotatable bonds is 6. The maximum atomic E-state index is 12.9. The lowest BCUT2D eigenvalue weighted by molar-refractivity contribution is 0.626. The molecule has 0 saturated carbocycles. The number of benzene rings is 2. The fourth-order valence-corrected chi connectivity index (χ4v) is 2.24. The molecule has 0 radical (unpaired) electrons. The van der Waals surface area contributed by atoms with Crippen LogP contribution in [0.2, 0.25) is 5.28 Å². The summed E-state index contributed by atoms with van der Waals surface area (Å²) in [6.07, 6.45) is 0. The molecular weight excluding hydrogens is 348 g/mol. The Labute approximate surface area is 148 Å². The number of halogens is 3.